The van der Waals surface area contributed by atoms with Gasteiger partial charge in [-0.2, -0.15) is 0 Å². The van der Waals surface area contributed by atoms with E-state index in [1.54, 1.807) is 0 Å². The third-order valence-electron chi connectivity index (χ3n) is 10.2. The van der Waals surface area contributed by atoms with Crippen LogP contribution < -0.4 is 4.90 Å². The molecule has 0 radical (unpaired) electrons. The van der Waals surface area contributed by atoms with Crippen molar-refractivity contribution in [1.82, 2.24) is 15.0 Å². The summed E-state index contributed by atoms with van der Waals surface area (Å²) in [6.45, 7) is 0. The molecule has 2 heterocycles. The Morgan fingerprint density at radius 3 is 1.45 bits per heavy atom. The summed E-state index contributed by atoms with van der Waals surface area (Å²) in [6, 6.07) is 71.9. The maximum Gasteiger partial charge on any atom is 0.161 e. The molecule has 0 bridgehead atoms. The maximum atomic E-state index is 5.46. The van der Waals surface area contributed by atoms with E-state index in [1.165, 1.54) is 0 Å². The van der Waals surface area contributed by atoms with E-state index < -0.39 is 0 Å². The molecule has 0 spiro atoms. The Labute approximate surface area is 319 Å². The topological polar surface area (TPSA) is 41.9 Å². The van der Waals surface area contributed by atoms with Crippen molar-refractivity contribution in [3.63, 3.8) is 0 Å². The van der Waals surface area contributed by atoms with Crippen molar-refractivity contribution in [2.75, 3.05) is 4.90 Å². The number of para-hydroxylation sites is 2. The highest BCUT2D eigenvalue weighted by molar-refractivity contribution is 6.25. The van der Waals surface area contributed by atoms with Crippen molar-refractivity contribution in [3.8, 4) is 45.2 Å². The second-order valence-corrected chi connectivity index (χ2v) is 13.6. The summed E-state index contributed by atoms with van der Waals surface area (Å²) in [5.41, 5.74) is 10.9. The van der Waals surface area contributed by atoms with Crippen LogP contribution in [-0.2, 0) is 0 Å². The lowest BCUT2D eigenvalue weighted by Gasteiger charge is -2.26. The first-order chi connectivity index (χ1) is 27.3. The Kier molecular flexibility index (Phi) is 8.12. The summed E-state index contributed by atoms with van der Waals surface area (Å²) >= 11 is 0. The van der Waals surface area contributed by atoms with E-state index in [2.05, 4.69) is 199 Å². The largest absolute Gasteiger partial charge is 0.310 e. The zero-order chi connectivity index (χ0) is 36.6. The summed E-state index contributed by atoms with van der Waals surface area (Å²) in [5, 5.41) is 5.50. The van der Waals surface area contributed by atoms with Gasteiger partial charge in [-0.05, 0) is 47.9 Å². The first-order valence-corrected chi connectivity index (χ1v) is 18.5. The van der Waals surface area contributed by atoms with E-state index in [4.69, 9.17) is 15.0 Å². The molecule has 0 atom stereocenters. The highest BCUT2D eigenvalue weighted by atomic mass is 15.1. The van der Waals surface area contributed by atoms with E-state index in [9.17, 15) is 0 Å². The van der Waals surface area contributed by atoms with Crippen LogP contribution in [0.15, 0.2) is 206 Å². The molecule has 10 aromatic rings. The van der Waals surface area contributed by atoms with E-state index >= 15 is 0 Å². The number of hydrogen-bond acceptors (Lipinski definition) is 4. The minimum Gasteiger partial charge on any atom is -0.310 e. The van der Waals surface area contributed by atoms with Gasteiger partial charge in [0.25, 0.3) is 0 Å². The van der Waals surface area contributed by atoms with E-state index in [-0.39, 0.29) is 0 Å². The lowest BCUT2D eigenvalue weighted by Crippen LogP contribution is -2.09. The molecule has 0 saturated heterocycles. The first-order valence-electron chi connectivity index (χ1n) is 18.5. The average molecular weight is 703 g/mol. The van der Waals surface area contributed by atoms with Gasteiger partial charge in [-0.15, -0.1) is 0 Å². The van der Waals surface area contributed by atoms with Crippen LogP contribution in [0.3, 0.4) is 0 Å². The Morgan fingerprint density at radius 2 is 0.873 bits per heavy atom. The first kappa shape index (κ1) is 32.2. The van der Waals surface area contributed by atoms with Crippen molar-refractivity contribution in [1.29, 1.82) is 0 Å². The van der Waals surface area contributed by atoms with Crippen LogP contribution in [0.25, 0.3) is 77.6 Å². The van der Waals surface area contributed by atoms with Gasteiger partial charge in [-0.25, -0.2) is 15.0 Å². The Hall–Kier alpha value is -7.43. The molecule has 258 valence electrons. The van der Waals surface area contributed by atoms with E-state index in [1.807, 2.05) is 12.1 Å². The van der Waals surface area contributed by atoms with Gasteiger partial charge in [-0.3, -0.25) is 0 Å². The summed E-state index contributed by atoms with van der Waals surface area (Å²) in [4.78, 5) is 18.3. The van der Waals surface area contributed by atoms with Crippen LogP contribution in [0.4, 0.5) is 17.1 Å². The summed E-state index contributed by atoms with van der Waals surface area (Å²) < 4.78 is 0. The van der Waals surface area contributed by atoms with Crippen LogP contribution in [0.5, 0.6) is 0 Å². The molecule has 0 aliphatic heterocycles. The van der Waals surface area contributed by atoms with E-state index in [0.717, 1.165) is 88.8 Å². The van der Waals surface area contributed by atoms with Crippen LogP contribution in [0.1, 0.15) is 0 Å². The van der Waals surface area contributed by atoms with Crippen molar-refractivity contribution in [3.05, 3.63) is 206 Å². The number of pyridine rings is 1. The van der Waals surface area contributed by atoms with Gasteiger partial charge in [0.15, 0.2) is 5.82 Å². The fourth-order valence-electron chi connectivity index (χ4n) is 7.69. The normalized spacial score (nSPS) is 11.3. The maximum absolute atomic E-state index is 5.46. The van der Waals surface area contributed by atoms with Gasteiger partial charge in [0.05, 0.1) is 22.6 Å². The summed E-state index contributed by atoms with van der Waals surface area (Å²) in [5.74, 6) is 0.681. The minimum atomic E-state index is 0.681. The van der Waals surface area contributed by atoms with Gasteiger partial charge in [0.1, 0.15) is 0 Å². The summed E-state index contributed by atoms with van der Waals surface area (Å²) in [6.07, 6.45) is 0. The van der Waals surface area contributed by atoms with Gasteiger partial charge in [0.2, 0.25) is 0 Å². The SMILES string of the molecule is c1ccc(-c2cc(-c3ccccc3)nc(-c3cccc4ccc5c(-c6ccccc6)nc6cc(N(c7ccccc7)c7ccccc7)ccc6c5c34)n2)cc1. The van der Waals surface area contributed by atoms with Gasteiger partial charge in [-0.1, -0.05) is 164 Å². The molecule has 0 fully saturated rings. The highest BCUT2D eigenvalue weighted by Gasteiger charge is 2.20. The summed E-state index contributed by atoms with van der Waals surface area (Å²) in [7, 11) is 0. The second-order valence-electron chi connectivity index (χ2n) is 13.6. The standard InChI is InChI=1S/C51H34N4/c1-6-17-35(18-7-1)45-34-46(36-19-8-2-9-20-36)54-51(53-45)44-28-16-23-37-29-31-43-49(48(37)44)42-32-30-41(33-47(42)52-50(43)38-21-10-3-11-22-38)55(39-24-12-4-13-25-39)40-26-14-5-15-27-40/h1-34H. The molecule has 0 saturated carbocycles. The smallest absolute Gasteiger partial charge is 0.161 e. The molecule has 4 nitrogen and oxygen atoms in total. The molecule has 0 unspecified atom stereocenters. The van der Waals surface area contributed by atoms with Crippen LogP contribution in [0, 0.1) is 0 Å². The predicted molar refractivity (Wildman–Crippen MR) is 229 cm³/mol. The number of rotatable bonds is 7. The fourth-order valence-corrected chi connectivity index (χ4v) is 7.69. The monoisotopic (exact) mass is 702 g/mol. The minimum absolute atomic E-state index is 0.681. The van der Waals surface area contributed by atoms with Crippen LogP contribution in [0.2, 0.25) is 0 Å². The predicted octanol–water partition coefficient (Wildman–Crippen LogP) is 13.5. The average Bonchev–Trinajstić information content (AvgIpc) is 3.27. The third-order valence-corrected chi connectivity index (χ3v) is 10.2. The Balaban J connectivity index is 1.28. The molecule has 0 amide bonds. The molecule has 0 N–H and O–H groups in total. The second kappa shape index (κ2) is 13.8. The molecular formula is C51H34N4. The highest BCUT2D eigenvalue weighted by Crippen LogP contribution is 2.43. The number of benzene rings is 8. The number of nitrogens with zero attached hydrogens (tertiary/aromatic N) is 4. The molecule has 10 rings (SSSR count). The van der Waals surface area contributed by atoms with Gasteiger partial charge < -0.3 is 4.90 Å². The van der Waals surface area contributed by atoms with Crippen molar-refractivity contribution in [2.24, 2.45) is 0 Å². The Morgan fingerprint density at radius 1 is 0.345 bits per heavy atom. The lowest BCUT2D eigenvalue weighted by atomic mass is 9.92. The molecule has 0 aliphatic carbocycles. The molecule has 8 aromatic carbocycles. The van der Waals surface area contributed by atoms with Gasteiger partial charge >= 0.3 is 0 Å². The van der Waals surface area contributed by atoms with E-state index in [0.29, 0.717) is 5.82 Å². The fraction of sp³-hybridized carbons (Fsp3) is 0. The number of hydrogen-bond donors (Lipinski definition) is 0. The number of aromatic nitrogens is 3. The third kappa shape index (κ3) is 5.96. The number of anilines is 3. The molecule has 2 aromatic heterocycles. The number of fused-ring (bicyclic) bond motifs is 5. The zero-order valence-electron chi connectivity index (χ0n) is 29.9. The Bertz CT molecular complexity index is 2850. The van der Waals surface area contributed by atoms with Crippen molar-refractivity contribution < 1.29 is 0 Å². The zero-order valence-corrected chi connectivity index (χ0v) is 29.9. The molecule has 0 aliphatic rings. The molecule has 4 heteroatoms. The van der Waals surface area contributed by atoms with Crippen molar-refractivity contribution >= 4 is 49.5 Å². The quantitative estimate of drug-likeness (QED) is 0.155. The van der Waals surface area contributed by atoms with Crippen LogP contribution in [-0.4, -0.2) is 15.0 Å². The van der Waals surface area contributed by atoms with Gasteiger partial charge in [0, 0.05) is 60.9 Å². The van der Waals surface area contributed by atoms with Crippen molar-refractivity contribution in [2.45, 2.75) is 0 Å². The lowest BCUT2D eigenvalue weighted by molar-refractivity contribution is 1.19. The molecule has 55 heavy (non-hydrogen) atoms. The molecular weight excluding hydrogens is 669 g/mol. The van der Waals surface area contributed by atoms with Crippen LogP contribution >= 0.6 is 0 Å².